The molecule has 1 N–H and O–H groups in total. The van der Waals surface area contributed by atoms with Gasteiger partial charge in [-0.05, 0) is 104 Å². The molecular weight excluding hydrogens is 386 g/mol. The molecule has 4 fully saturated rings. The second-order valence-corrected chi connectivity index (χ2v) is 9.71. The van der Waals surface area contributed by atoms with E-state index < -0.39 is 0 Å². The van der Waals surface area contributed by atoms with Crippen molar-refractivity contribution in [2.24, 2.45) is 17.8 Å². The van der Waals surface area contributed by atoms with Crippen LogP contribution in [0.15, 0.2) is 48.5 Å². The average molecular weight is 418 g/mol. The third-order valence-corrected chi connectivity index (χ3v) is 7.65. The molecule has 162 valence electrons. The van der Waals surface area contributed by atoms with Gasteiger partial charge in [0.25, 0.3) is 0 Å². The van der Waals surface area contributed by atoms with Crippen LogP contribution in [-0.2, 0) is 10.2 Å². The van der Waals surface area contributed by atoms with E-state index in [2.05, 4.69) is 29.6 Å². The second-order valence-electron chi connectivity index (χ2n) is 9.71. The van der Waals surface area contributed by atoms with E-state index in [0.29, 0.717) is 11.2 Å². The largest absolute Gasteiger partial charge is 0.497 e. The van der Waals surface area contributed by atoms with Gasteiger partial charge in [-0.2, -0.15) is 0 Å². The molecule has 2 aromatic rings. The minimum absolute atomic E-state index is 0.160. The van der Waals surface area contributed by atoms with Gasteiger partial charge >= 0.3 is 0 Å². The molecule has 4 nitrogen and oxygen atoms in total. The van der Waals surface area contributed by atoms with Gasteiger partial charge in [0.15, 0.2) is 0 Å². The minimum atomic E-state index is -0.160. The summed E-state index contributed by atoms with van der Waals surface area (Å²) in [5.41, 5.74) is 3.50. The van der Waals surface area contributed by atoms with Crippen molar-refractivity contribution in [2.75, 3.05) is 19.5 Å². The lowest BCUT2D eigenvalue weighted by Gasteiger charge is -2.57. The first kappa shape index (κ1) is 20.2. The van der Waals surface area contributed by atoms with Crippen LogP contribution < -0.4 is 14.8 Å². The van der Waals surface area contributed by atoms with Crippen molar-refractivity contribution >= 4 is 17.7 Å². The molecule has 4 heteroatoms. The van der Waals surface area contributed by atoms with Gasteiger partial charge in [-0.25, -0.2) is 0 Å². The molecule has 31 heavy (non-hydrogen) atoms. The third kappa shape index (κ3) is 3.96. The highest BCUT2D eigenvalue weighted by molar-refractivity contribution is 6.02. The Morgan fingerprint density at radius 3 is 2.16 bits per heavy atom. The SMILES string of the molecule is COc1ccc(OC)c(/C=C/C(=O)Nc2ccc(C34CC5CC(CC(C5)C3)C4)cc2)c1. The first-order chi connectivity index (χ1) is 15.1. The molecule has 4 saturated carbocycles. The fourth-order valence-electron chi connectivity index (χ4n) is 6.69. The summed E-state index contributed by atoms with van der Waals surface area (Å²) in [6, 6.07) is 14.1. The van der Waals surface area contributed by atoms with Gasteiger partial charge in [0, 0.05) is 17.3 Å². The summed E-state index contributed by atoms with van der Waals surface area (Å²) in [4.78, 5) is 12.5. The maximum absolute atomic E-state index is 12.5. The number of rotatable bonds is 6. The van der Waals surface area contributed by atoms with Crippen molar-refractivity contribution in [1.82, 2.24) is 0 Å². The Bertz CT molecular complexity index is 957. The highest BCUT2D eigenvalue weighted by Crippen LogP contribution is 2.60. The summed E-state index contributed by atoms with van der Waals surface area (Å²) in [7, 11) is 3.24. The number of hydrogen-bond donors (Lipinski definition) is 1. The quantitative estimate of drug-likeness (QED) is 0.602. The normalized spacial score (nSPS) is 28.6. The molecule has 0 radical (unpaired) electrons. The topological polar surface area (TPSA) is 47.6 Å². The summed E-state index contributed by atoms with van der Waals surface area (Å²) in [5.74, 6) is 4.07. The number of carbonyl (C=O) groups excluding carboxylic acids is 1. The van der Waals surface area contributed by atoms with E-state index in [1.165, 1.54) is 50.2 Å². The van der Waals surface area contributed by atoms with Gasteiger partial charge in [-0.3, -0.25) is 4.79 Å². The molecule has 4 aliphatic rings. The van der Waals surface area contributed by atoms with E-state index in [-0.39, 0.29) is 5.91 Å². The number of methoxy groups -OCH3 is 2. The van der Waals surface area contributed by atoms with Crippen molar-refractivity contribution < 1.29 is 14.3 Å². The van der Waals surface area contributed by atoms with E-state index in [1.54, 1.807) is 20.3 Å². The van der Waals surface area contributed by atoms with E-state index in [9.17, 15) is 4.79 Å². The van der Waals surface area contributed by atoms with Crippen LogP contribution in [0.4, 0.5) is 5.69 Å². The molecule has 0 saturated heterocycles. The van der Waals surface area contributed by atoms with E-state index in [4.69, 9.17) is 9.47 Å². The van der Waals surface area contributed by atoms with E-state index >= 15 is 0 Å². The van der Waals surface area contributed by atoms with Gasteiger partial charge in [0.05, 0.1) is 14.2 Å². The van der Waals surface area contributed by atoms with Gasteiger partial charge in [-0.1, -0.05) is 12.1 Å². The Hall–Kier alpha value is -2.75. The minimum Gasteiger partial charge on any atom is -0.497 e. The Balaban J connectivity index is 1.26. The lowest BCUT2D eigenvalue weighted by molar-refractivity contribution is -0.111. The van der Waals surface area contributed by atoms with Gasteiger partial charge in [-0.15, -0.1) is 0 Å². The number of ether oxygens (including phenoxy) is 2. The monoisotopic (exact) mass is 417 g/mol. The van der Waals surface area contributed by atoms with Crippen LogP contribution in [0.1, 0.15) is 49.7 Å². The van der Waals surface area contributed by atoms with Crippen molar-refractivity contribution in [3.05, 3.63) is 59.7 Å². The number of nitrogens with one attached hydrogen (secondary N) is 1. The Morgan fingerprint density at radius 1 is 0.935 bits per heavy atom. The van der Waals surface area contributed by atoms with E-state index in [0.717, 1.165) is 34.8 Å². The Labute approximate surface area is 184 Å². The third-order valence-electron chi connectivity index (χ3n) is 7.65. The predicted octanol–water partition coefficient (Wildman–Crippen LogP) is 5.82. The van der Waals surface area contributed by atoms with Crippen molar-refractivity contribution in [3.63, 3.8) is 0 Å². The maximum Gasteiger partial charge on any atom is 0.248 e. The fourth-order valence-corrected chi connectivity index (χ4v) is 6.69. The molecule has 4 aliphatic carbocycles. The molecule has 1 amide bonds. The molecule has 2 aromatic carbocycles. The van der Waals surface area contributed by atoms with Crippen LogP contribution in [0.25, 0.3) is 6.08 Å². The Kier molecular flexibility index (Phi) is 5.25. The summed E-state index contributed by atoms with van der Waals surface area (Å²) in [6.45, 7) is 0. The van der Waals surface area contributed by atoms with Gasteiger partial charge in [0.2, 0.25) is 5.91 Å². The van der Waals surface area contributed by atoms with Crippen molar-refractivity contribution in [1.29, 1.82) is 0 Å². The lowest BCUT2D eigenvalue weighted by Crippen LogP contribution is -2.48. The number of amides is 1. The highest BCUT2D eigenvalue weighted by atomic mass is 16.5. The molecule has 0 aromatic heterocycles. The number of carbonyl (C=O) groups is 1. The lowest BCUT2D eigenvalue weighted by atomic mass is 9.48. The Morgan fingerprint density at radius 2 is 1.58 bits per heavy atom. The molecule has 0 aliphatic heterocycles. The van der Waals surface area contributed by atoms with Crippen LogP contribution >= 0.6 is 0 Å². The zero-order valence-electron chi connectivity index (χ0n) is 18.4. The van der Waals surface area contributed by atoms with Gasteiger partial charge < -0.3 is 14.8 Å². The van der Waals surface area contributed by atoms with Crippen LogP contribution in [0.2, 0.25) is 0 Å². The molecule has 0 unspecified atom stereocenters. The average Bonchev–Trinajstić information content (AvgIpc) is 2.77. The molecule has 4 bridgehead atoms. The summed E-state index contributed by atoms with van der Waals surface area (Å²) in [5, 5.41) is 2.98. The smallest absolute Gasteiger partial charge is 0.248 e. The highest BCUT2D eigenvalue weighted by Gasteiger charge is 2.51. The van der Waals surface area contributed by atoms with Crippen molar-refractivity contribution in [3.8, 4) is 11.5 Å². The molecular formula is C27H31NO3. The molecule has 0 heterocycles. The zero-order chi connectivity index (χ0) is 21.4. The fraction of sp³-hybridized carbons (Fsp3) is 0.444. The molecule has 0 atom stereocenters. The standard InChI is InChI=1S/C27H31NO3/c1-30-24-8-9-25(31-2)21(14-24)3-10-26(29)28-23-6-4-22(5-7-23)27-15-18-11-19(16-27)13-20(12-18)17-27/h3-10,14,18-20H,11-13,15-17H2,1-2H3,(H,28,29)/b10-3+. The summed E-state index contributed by atoms with van der Waals surface area (Å²) in [6.07, 6.45) is 11.7. The first-order valence-electron chi connectivity index (χ1n) is 11.4. The molecule has 6 rings (SSSR count). The molecule has 0 spiro atoms. The number of benzene rings is 2. The van der Waals surface area contributed by atoms with Crippen LogP contribution in [0.5, 0.6) is 11.5 Å². The van der Waals surface area contributed by atoms with Crippen LogP contribution in [0, 0.1) is 17.8 Å². The maximum atomic E-state index is 12.5. The predicted molar refractivity (Wildman–Crippen MR) is 124 cm³/mol. The summed E-state index contributed by atoms with van der Waals surface area (Å²) < 4.78 is 10.6. The van der Waals surface area contributed by atoms with Gasteiger partial charge in [0.1, 0.15) is 11.5 Å². The first-order valence-corrected chi connectivity index (χ1v) is 11.4. The zero-order valence-corrected chi connectivity index (χ0v) is 18.4. The van der Waals surface area contributed by atoms with Crippen molar-refractivity contribution in [2.45, 2.75) is 43.9 Å². The second kappa shape index (κ2) is 8.07. The summed E-state index contributed by atoms with van der Waals surface area (Å²) >= 11 is 0. The van der Waals surface area contributed by atoms with Crippen LogP contribution in [-0.4, -0.2) is 20.1 Å². The number of hydrogen-bond acceptors (Lipinski definition) is 3. The van der Waals surface area contributed by atoms with E-state index in [1.807, 2.05) is 18.2 Å². The van der Waals surface area contributed by atoms with Crippen LogP contribution in [0.3, 0.4) is 0 Å². The number of anilines is 1.